The number of benzene rings is 1. The minimum Gasteiger partial charge on any atom is -0.489 e. The highest BCUT2D eigenvalue weighted by atomic mass is 35.5. The van der Waals surface area contributed by atoms with Gasteiger partial charge in [-0.05, 0) is 31.5 Å². The largest absolute Gasteiger partial charge is 0.489 e. The molecular weight excluding hydrogens is 327 g/mol. The molecule has 0 heterocycles. The van der Waals surface area contributed by atoms with Crippen molar-refractivity contribution in [1.29, 1.82) is 0 Å². The third-order valence-electron chi connectivity index (χ3n) is 2.83. The van der Waals surface area contributed by atoms with E-state index in [1.54, 1.807) is 18.2 Å². The van der Waals surface area contributed by atoms with Gasteiger partial charge in [-0.25, -0.2) is 0 Å². The maximum Gasteiger partial charge on any atom is 0.241 e. The number of carbonyl (C=O) groups is 1. The van der Waals surface area contributed by atoms with Crippen LogP contribution >= 0.6 is 24.0 Å². The van der Waals surface area contributed by atoms with Crippen LogP contribution < -0.4 is 15.8 Å². The van der Waals surface area contributed by atoms with Gasteiger partial charge < -0.3 is 20.5 Å². The van der Waals surface area contributed by atoms with Crippen LogP contribution in [0.25, 0.3) is 0 Å². The Balaban J connectivity index is 0.00000441. The quantitative estimate of drug-likeness (QED) is 0.670. The van der Waals surface area contributed by atoms with Gasteiger partial charge in [-0.1, -0.05) is 24.9 Å². The van der Waals surface area contributed by atoms with E-state index in [4.69, 9.17) is 26.8 Å². The van der Waals surface area contributed by atoms with Crippen molar-refractivity contribution < 1.29 is 14.3 Å². The molecule has 1 atom stereocenters. The lowest BCUT2D eigenvalue weighted by Gasteiger charge is -2.15. The van der Waals surface area contributed by atoms with Crippen LogP contribution in [0.3, 0.4) is 0 Å². The van der Waals surface area contributed by atoms with Crippen LogP contribution in [0, 0.1) is 0 Å². The minimum absolute atomic E-state index is 0. The Morgan fingerprint density at radius 3 is 2.73 bits per heavy atom. The highest BCUT2D eigenvalue weighted by Gasteiger charge is 2.15. The van der Waals surface area contributed by atoms with Crippen molar-refractivity contribution in [1.82, 2.24) is 0 Å². The summed E-state index contributed by atoms with van der Waals surface area (Å²) in [6, 6.07) is 4.54. The minimum atomic E-state index is -0.537. The van der Waals surface area contributed by atoms with Crippen molar-refractivity contribution in [3.8, 4) is 5.75 Å². The smallest absolute Gasteiger partial charge is 0.241 e. The van der Waals surface area contributed by atoms with Gasteiger partial charge >= 0.3 is 0 Å². The molecule has 0 saturated heterocycles. The fourth-order valence-corrected chi connectivity index (χ4v) is 1.92. The summed E-state index contributed by atoms with van der Waals surface area (Å²) in [6.45, 7) is 5.43. The Bertz CT molecular complexity index is 458. The summed E-state index contributed by atoms with van der Waals surface area (Å²) in [5, 5.41) is 3.28. The molecule has 1 aromatic carbocycles. The van der Waals surface area contributed by atoms with Crippen molar-refractivity contribution in [3.63, 3.8) is 0 Å². The molecule has 126 valence electrons. The molecule has 0 spiro atoms. The second kappa shape index (κ2) is 11.5. The van der Waals surface area contributed by atoms with Gasteiger partial charge in [-0.3, -0.25) is 4.79 Å². The normalized spacial score (nSPS) is 11.5. The third-order valence-corrected chi connectivity index (χ3v) is 3.06. The highest BCUT2D eigenvalue weighted by molar-refractivity contribution is 6.31. The molecule has 0 bridgehead atoms. The average Bonchev–Trinajstić information content (AvgIpc) is 2.45. The van der Waals surface area contributed by atoms with Crippen LogP contribution in [-0.4, -0.2) is 31.8 Å². The van der Waals surface area contributed by atoms with Crippen LogP contribution in [0.1, 0.15) is 26.7 Å². The lowest BCUT2D eigenvalue weighted by atomic mass is 10.1. The number of carbonyl (C=O) groups excluding carboxylic acids is 1. The van der Waals surface area contributed by atoms with E-state index in [9.17, 15) is 4.79 Å². The number of hydrogen-bond donors (Lipinski definition) is 2. The van der Waals surface area contributed by atoms with Gasteiger partial charge in [0, 0.05) is 11.6 Å². The van der Waals surface area contributed by atoms with Gasteiger partial charge in [0.2, 0.25) is 5.91 Å². The van der Waals surface area contributed by atoms with Crippen molar-refractivity contribution in [2.75, 3.05) is 25.1 Å². The average molecular weight is 351 g/mol. The zero-order chi connectivity index (χ0) is 15.7. The Hall–Kier alpha value is -1.01. The summed E-state index contributed by atoms with van der Waals surface area (Å²) >= 11 is 5.96. The number of nitrogens with one attached hydrogen (secondary N) is 1. The molecule has 1 rings (SSSR count). The number of nitrogens with two attached hydrogens (primary N) is 1. The maximum absolute atomic E-state index is 12.0. The molecule has 0 aliphatic carbocycles. The Morgan fingerprint density at radius 2 is 2.09 bits per heavy atom. The first-order valence-corrected chi connectivity index (χ1v) is 7.52. The summed E-state index contributed by atoms with van der Waals surface area (Å²) in [7, 11) is 0. The number of ether oxygens (including phenoxy) is 2. The lowest BCUT2D eigenvalue weighted by molar-refractivity contribution is -0.117. The molecule has 0 aromatic heterocycles. The van der Waals surface area contributed by atoms with Gasteiger partial charge in [0.15, 0.2) is 0 Å². The number of amides is 1. The molecule has 0 aliphatic heterocycles. The molecule has 0 aliphatic rings. The van der Waals surface area contributed by atoms with Crippen molar-refractivity contribution in [2.45, 2.75) is 32.7 Å². The fourth-order valence-electron chi connectivity index (χ4n) is 1.75. The van der Waals surface area contributed by atoms with E-state index in [1.807, 2.05) is 13.8 Å². The lowest BCUT2D eigenvalue weighted by Crippen LogP contribution is -2.35. The number of rotatable bonds is 9. The molecule has 1 unspecified atom stereocenters. The van der Waals surface area contributed by atoms with Crippen LogP contribution in [0.2, 0.25) is 5.02 Å². The van der Waals surface area contributed by atoms with Gasteiger partial charge in [0.25, 0.3) is 0 Å². The first-order chi connectivity index (χ1) is 10.1. The summed E-state index contributed by atoms with van der Waals surface area (Å²) < 4.78 is 10.8. The van der Waals surface area contributed by atoms with E-state index in [1.165, 1.54) is 0 Å². The Labute approximate surface area is 142 Å². The second-order valence-electron chi connectivity index (χ2n) is 4.57. The van der Waals surface area contributed by atoms with Crippen molar-refractivity contribution >= 4 is 35.6 Å². The molecule has 5 nitrogen and oxygen atoms in total. The topological polar surface area (TPSA) is 73.6 Å². The number of halogens is 2. The molecule has 1 aromatic rings. The molecule has 0 saturated carbocycles. The highest BCUT2D eigenvalue weighted by Crippen LogP contribution is 2.28. The summed E-state index contributed by atoms with van der Waals surface area (Å²) in [4.78, 5) is 12.0. The van der Waals surface area contributed by atoms with Crippen LogP contribution in [0.15, 0.2) is 18.2 Å². The summed E-state index contributed by atoms with van der Waals surface area (Å²) in [5.74, 6) is 0.310. The predicted molar refractivity (Wildman–Crippen MR) is 92.2 cm³/mol. The van der Waals surface area contributed by atoms with Gasteiger partial charge in [0.05, 0.1) is 18.3 Å². The van der Waals surface area contributed by atoms with Crippen LogP contribution in [-0.2, 0) is 9.53 Å². The molecule has 1 amide bonds. The van der Waals surface area contributed by atoms with Gasteiger partial charge in [0.1, 0.15) is 12.4 Å². The first-order valence-electron chi connectivity index (χ1n) is 7.15. The monoisotopic (exact) mass is 350 g/mol. The Kier molecular flexibility index (Phi) is 11.0. The van der Waals surface area contributed by atoms with Crippen molar-refractivity contribution in [2.24, 2.45) is 5.73 Å². The number of hydrogen-bond acceptors (Lipinski definition) is 4. The predicted octanol–water partition coefficient (Wildman–Crippen LogP) is 3.24. The number of anilines is 1. The zero-order valence-corrected chi connectivity index (χ0v) is 14.5. The van der Waals surface area contributed by atoms with E-state index < -0.39 is 6.04 Å². The summed E-state index contributed by atoms with van der Waals surface area (Å²) in [5.41, 5.74) is 6.32. The second-order valence-corrected chi connectivity index (χ2v) is 5.01. The standard InChI is InChI=1S/C15H23ClN2O3.ClH/c1-3-5-12(17)15(19)18-13-10-11(16)6-7-14(13)21-9-8-20-4-2;/h6-7,10,12H,3-5,8-9,17H2,1-2H3,(H,18,19);1H. The van der Waals surface area contributed by atoms with E-state index in [0.29, 0.717) is 42.7 Å². The zero-order valence-electron chi connectivity index (χ0n) is 12.9. The Morgan fingerprint density at radius 1 is 1.36 bits per heavy atom. The van der Waals surface area contributed by atoms with E-state index >= 15 is 0 Å². The van der Waals surface area contributed by atoms with E-state index in [-0.39, 0.29) is 18.3 Å². The SMILES string of the molecule is CCCC(N)C(=O)Nc1cc(Cl)ccc1OCCOCC.Cl. The van der Waals surface area contributed by atoms with Crippen LogP contribution in [0.5, 0.6) is 5.75 Å². The molecule has 0 fully saturated rings. The van der Waals surface area contributed by atoms with Crippen molar-refractivity contribution in [3.05, 3.63) is 23.2 Å². The molecule has 22 heavy (non-hydrogen) atoms. The van der Waals surface area contributed by atoms with E-state index in [0.717, 1.165) is 6.42 Å². The molecule has 0 radical (unpaired) electrons. The van der Waals surface area contributed by atoms with Gasteiger partial charge in [-0.15, -0.1) is 12.4 Å². The molecular formula is C15H24Cl2N2O3. The summed E-state index contributed by atoms with van der Waals surface area (Å²) in [6.07, 6.45) is 1.48. The maximum atomic E-state index is 12.0. The fraction of sp³-hybridized carbons (Fsp3) is 0.533. The third kappa shape index (κ3) is 7.31. The molecule has 7 heteroatoms. The van der Waals surface area contributed by atoms with Crippen LogP contribution in [0.4, 0.5) is 5.69 Å². The first kappa shape index (κ1) is 21.0. The van der Waals surface area contributed by atoms with Gasteiger partial charge in [-0.2, -0.15) is 0 Å². The van der Waals surface area contributed by atoms with E-state index in [2.05, 4.69) is 5.32 Å². The molecule has 3 N–H and O–H groups in total.